The zero-order chi connectivity index (χ0) is 10.6. The van der Waals surface area contributed by atoms with E-state index in [1.54, 1.807) is 18.3 Å². The minimum absolute atomic E-state index is 0.0912. The number of rotatable bonds is 4. The highest BCUT2D eigenvalue weighted by atomic mass is 16.5. The molecule has 4 nitrogen and oxygen atoms in total. The third kappa shape index (κ3) is 3.43. The van der Waals surface area contributed by atoms with E-state index in [-0.39, 0.29) is 6.10 Å². The lowest BCUT2D eigenvalue weighted by atomic mass is 10.2. The molecule has 0 saturated carbocycles. The monoisotopic (exact) mass is 193 g/mol. The number of ether oxygens (including phenoxy) is 1. The molecule has 0 spiro atoms. The van der Waals surface area contributed by atoms with Crippen molar-refractivity contribution in [2.75, 3.05) is 0 Å². The van der Waals surface area contributed by atoms with Gasteiger partial charge in [0.05, 0.1) is 12.5 Å². The number of nitrogens with zero attached hydrogens (tertiary/aromatic N) is 1. The van der Waals surface area contributed by atoms with Crippen LogP contribution in [0.1, 0.15) is 19.4 Å². The molecule has 1 radical (unpaired) electrons. The molecule has 1 aromatic heterocycles. The van der Waals surface area contributed by atoms with Crippen molar-refractivity contribution in [2.24, 2.45) is 5.73 Å². The van der Waals surface area contributed by atoms with E-state index in [2.05, 4.69) is 4.98 Å². The Morgan fingerprint density at radius 3 is 2.71 bits per heavy atom. The van der Waals surface area contributed by atoms with E-state index in [1.165, 1.54) is 6.42 Å². The second kappa shape index (κ2) is 4.60. The predicted molar refractivity (Wildman–Crippen MR) is 52.6 cm³/mol. The molecular formula is C10H13N2O2. The molecule has 75 valence electrons. The van der Waals surface area contributed by atoms with Gasteiger partial charge in [-0.05, 0) is 19.4 Å². The zero-order valence-corrected chi connectivity index (χ0v) is 8.23. The summed E-state index contributed by atoms with van der Waals surface area (Å²) < 4.78 is 5.33. The van der Waals surface area contributed by atoms with Gasteiger partial charge < -0.3 is 10.5 Å². The molecule has 14 heavy (non-hydrogen) atoms. The maximum Gasteiger partial charge on any atom is 0.226 e. The van der Waals surface area contributed by atoms with Gasteiger partial charge in [-0.3, -0.25) is 4.79 Å². The average molecular weight is 193 g/mol. The lowest BCUT2D eigenvalue weighted by molar-refractivity contribution is -0.114. The Morgan fingerprint density at radius 2 is 2.29 bits per heavy atom. The molecule has 0 aliphatic carbocycles. The Kier molecular flexibility index (Phi) is 3.45. The number of hydrogen-bond donors (Lipinski definition) is 1. The molecule has 0 saturated heterocycles. The Balaban J connectivity index is 2.63. The molecule has 0 fully saturated rings. The minimum atomic E-state index is -0.482. The largest absolute Gasteiger partial charge is 0.475 e. The summed E-state index contributed by atoms with van der Waals surface area (Å²) in [6, 6.07) is 3.43. The standard InChI is InChI=1S/C10H13N2O2/c1-7(2)14-10-4-3-8(6-12-10)5-9(11)13/h3-7H,1-2H3,(H2,11,13). The fourth-order valence-electron chi connectivity index (χ4n) is 0.953. The van der Waals surface area contributed by atoms with Crippen molar-refractivity contribution < 1.29 is 9.53 Å². The summed E-state index contributed by atoms with van der Waals surface area (Å²) >= 11 is 0. The molecule has 2 N–H and O–H groups in total. The Hall–Kier alpha value is -1.58. The number of primary amides is 1. The van der Waals surface area contributed by atoms with Gasteiger partial charge in [-0.2, -0.15) is 0 Å². The van der Waals surface area contributed by atoms with Crippen molar-refractivity contribution in [2.45, 2.75) is 20.0 Å². The normalized spacial score (nSPS) is 10.2. The Morgan fingerprint density at radius 1 is 1.57 bits per heavy atom. The van der Waals surface area contributed by atoms with Crippen LogP contribution in [0.2, 0.25) is 0 Å². The minimum Gasteiger partial charge on any atom is -0.475 e. The van der Waals surface area contributed by atoms with Gasteiger partial charge >= 0.3 is 0 Å². The van der Waals surface area contributed by atoms with Crippen molar-refractivity contribution in [3.8, 4) is 5.88 Å². The molecule has 0 aromatic carbocycles. The number of carbonyl (C=O) groups excluding carboxylic acids is 1. The quantitative estimate of drug-likeness (QED) is 0.772. The third-order valence-electron chi connectivity index (χ3n) is 1.42. The van der Waals surface area contributed by atoms with Gasteiger partial charge in [-0.25, -0.2) is 4.98 Å². The average Bonchev–Trinajstić information content (AvgIpc) is 2.06. The van der Waals surface area contributed by atoms with Crippen LogP contribution < -0.4 is 10.5 Å². The molecule has 0 aliphatic rings. The number of nitrogens with two attached hydrogens (primary N) is 1. The predicted octanol–water partition coefficient (Wildman–Crippen LogP) is 0.906. The van der Waals surface area contributed by atoms with E-state index < -0.39 is 5.91 Å². The first-order valence-corrected chi connectivity index (χ1v) is 4.35. The van der Waals surface area contributed by atoms with Crippen LogP contribution in [-0.4, -0.2) is 17.0 Å². The SMILES string of the molecule is CC(C)Oc1ccc([CH]C(N)=O)cn1. The van der Waals surface area contributed by atoms with E-state index in [0.29, 0.717) is 11.4 Å². The van der Waals surface area contributed by atoms with Crippen molar-refractivity contribution in [1.29, 1.82) is 0 Å². The maximum absolute atomic E-state index is 10.5. The van der Waals surface area contributed by atoms with Gasteiger partial charge in [0.1, 0.15) is 0 Å². The van der Waals surface area contributed by atoms with Gasteiger partial charge in [0.2, 0.25) is 11.8 Å². The second-order valence-corrected chi connectivity index (χ2v) is 3.14. The molecule has 1 rings (SSSR count). The van der Waals surface area contributed by atoms with Gasteiger partial charge in [-0.15, -0.1) is 0 Å². The number of pyridine rings is 1. The first-order valence-electron chi connectivity index (χ1n) is 4.35. The van der Waals surface area contributed by atoms with Crippen molar-refractivity contribution in [1.82, 2.24) is 4.98 Å². The summed E-state index contributed by atoms with van der Waals surface area (Å²) in [6.07, 6.45) is 2.95. The Labute approximate surface area is 83.1 Å². The van der Waals surface area contributed by atoms with Crippen LogP contribution in [0.5, 0.6) is 5.88 Å². The summed E-state index contributed by atoms with van der Waals surface area (Å²) in [5.41, 5.74) is 5.66. The highest BCUT2D eigenvalue weighted by molar-refractivity contribution is 5.86. The lowest BCUT2D eigenvalue weighted by Gasteiger charge is -2.08. The highest BCUT2D eigenvalue weighted by Crippen LogP contribution is 2.10. The van der Waals surface area contributed by atoms with E-state index in [0.717, 1.165) is 0 Å². The van der Waals surface area contributed by atoms with Crippen LogP contribution in [0.25, 0.3) is 0 Å². The van der Waals surface area contributed by atoms with Crippen LogP contribution in [-0.2, 0) is 4.79 Å². The van der Waals surface area contributed by atoms with E-state index in [4.69, 9.17) is 10.5 Å². The molecule has 0 bridgehead atoms. The summed E-state index contributed by atoms with van der Waals surface area (Å²) in [5, 5.41) is 0. The van der Waals surface area contributed by atoms with E-state index in [9.17, 15) is 4.79 Å². The summed E-state index contributed by atoms with van der Waals surface area (Å²) in [7, 11) is 0. The van der Waals surface area contributed by atoms with Crippen LogP contribution in [0.4, 0.5) is 0 Å². The van der Waals surface area contributed by atoms with Gasteiger partial charge in [0.25, 0.3) is 0 Å². The fourth-order valence-corrected chi connectivity index (χ4v) is 0.953. The number of carbonyl (C=O) groups is 1. The van der Waals surface area contributed by atoms with Crippen molar-refractivity contribution in [3.63, 3.8) is 0 Å². The van der Waals surface area contributed by atoms with Gasteiger partial charge in [0.15, 0.2) is 0 Å². The van der Waals surface area contributed by atoms with Gasteiger partial charge in [0, 0.05) is 12.3 Å². The topological polar surface area (TPSA) is 65.2 Å². The summed E-state index contributed by atoms with van der Waals surface area (Å²) in [6.45, 7) is 3.84. The van der Waals surface area contributed by atoms with E-state index in [1.807, 2.05) is 13.8 Å². The molecule has 0 atom stereocenters. The Bertz CT molecular complexity index is 306. The third-order valence-corrected chi connectivity index (χ3v) is 1.42. The molecule has 1 aromatic rings. The first kappa shape index (κ1) is 10.5. The maximum atomic E-state index is 10.5. The number of aromatic nitrogens is 1. The molecule has 0 unspecified atom stereocenters. The molecule has 1 amide bonds. The summed E-state index contributed by atoms with van der Waals surface area (Å²) in [5.74, 6) is 0.0611. The van der Waals surface area contributed by atoms with Crippen LogP contribution in [0.15, 0.2) is 18.3 Å². The number of hydrogen-bond acceptors (Lipinski definition) is 3. The highest BCUT2D eigenvalue weighted by Gasteiger charge is 2.01. The van der Waals surface area contributed by atoms with Gasteiger partial charge in [-0.1, -0.05) is 6.07 Å². The van der Waals surface area contributed by atoms with Crippen LogP contribution in [0, 0.1) is 6.42 Å². The lowest BCUT2D eigenvalue weighted by Crippen LogP contribution is -2.12. The van der Waals surface area contributed by atoms with Crippen molar-refractivity contribution in [3.05, 3.63) is 30.3 Å². The first-order chi connectivity index (χ1) is 6.58. The van der Waals surface area contributed by atoms with E-state index >= 15 is 0 Å². The molecule has 4 heteroatoms. The molecule has 0 aliphatic heterocycles. The summed E-state index contributed by atoms with van der Waals surface area (Å²) in [4.78, 5) is 14.5. The van der Waals surface area contributed by atoms with Crippen LogP contribution in [0.3, 0.4) is 0 Å². The molecule has 1 heterocycles. The molecular weight excluding hydrogens is 180 g/mol. The second-order valence-electron chi connectivity index (χ2n) is 3.14. The smallest absolute Gasteiger partial charge is 0.226 e. The fraction of sp³-hybridized carbons (Fsp3) is 0.300. The number of amides is 1. The van der Waals surface area contributed by atoms with Crippen molar-refractivity contribution >= 4 is 5.91 Å². The zero-order valence-electron chi connectivity index (χ0n) is 8.23. The van der Waals surface area contributed by atoms with Crippen LogP contribution >= 0.6 is 0 Å².